The van der Waals surface area contributed by atoms with Gasteiger partial charge in [-0.05, 0) is 88.6 Å². The highest BCUT2D eigenvalue weighted by Gasteiger charge is 2.43. The SMILES string of the molecule is CCC(C)C(NC(=O)OC(C)(C)C)C(=O)N(C1CCC1)C(C(=O)Nc1c(C)cccc1C)c1cccc(O)c1. The van der Waals surface area contributed by atoms with Crippen LogP contribution in [0.25, 0.3) is 0 Å². The molecule has 1 saturated carbocycles. The molecule has 1 aliphatic rings. The molecular formula is C31H43N3O5. The molecule has 8 nitrogen and oxygen atoms in total. The number of phenolic OH excluding ortho intramolecular Hbond substituents is 1. The van der Waals surface area contributed by atoms with E-state index in [1.54, 1.807) is 37.8 Å². The number of carbonyl (C=O) groups is 3. The number of alkyl carbamates (subject to hydrolysis) is 1. The van der Waals surface area contributed by atoms with Crippen molar-refractivity contribution >= 4 is 23.6 Å². The summed E-state index contributed by atoms with van der Waals surface area (Å²) in [6.45, 7) is 13.0. The smallest absolute Gasteiger partial charge is 0.408 e. The first-order valence-corrected chi connectivity index (χ1v) is 13.8. The Morgan fingerprint density at radius 3 is 2.21 bits per heavy atom. The van der Waals surface area contributed by atoms with E-state index in [1.165, 1.54) is 12.1 Å². The number of ether oxygens (including phenoxy) is 1. The Morgan fingerprint density at radius 1 is 1.08 bits per heavy atom. The molecular weight excluding hydrogens is 494 g/mol. The largest absolute Gasteiger partial charge is 0.508 e. The molecule has 3 atom stereocenters. The molecule has 2 aromatic carbocycles. The van der Waals surface area contributed by atoms with Gasteiger partial charge in [0.15, 0.2) is 0 Å². The predicted molar refractivity (Wildman–Crippen MR) is 152 cm³/mol. The summed E-state index contributed by atoms with van der Waals surface area (Å²) in [6, 6.07) is 10.1. The first-order chi connectivity index (χ1) is 18.3. The van der Waals surface area contributed by atoms with Crippen LogP contribution in [0, 0.1) is 19.8 Å². The number of amides is 3. The highest BCUT2D eigenvalue weighted by molar-refractivity contribution is 6.00. The summed E-state index contributed by atoms with van der Waals surface area (Å²) < 4.78 is 5.47. The molecule has 1 aliphatic carbocycles. The van der Waals surface area contributed by atoms with Gasteiger partial charge in [-0.3, -0.25) is 9.59 Å². The lowest BCUT2D eigenvalue weighted by Gasteiger charge is -2.44. The van der Waals surface area contributed by atoms with Crippen LogP contribution >= 0.6 is 0 Å². The molecule has 1 fully saturated rings. The lowest BCUT2D eigenvalue weighted by atomic mass is 9.86. The van der Waals surface area contributed by atoms with Gasteiger partial charge in [0, 0.05) is 11.7 Å². The van der Waals surface area contributed by atoms with Crippen molar-refractivity contribution in [2.24, 2.45) is 5.92 Å². The first-order valence-electron chi connectivity index (χ1n) is 13.8. The van der Waals surface area contributed by atoms with E-state index in [-0.39, 0.29) is 29.5 Å². The Bertz CT molecular complexity index is 1160. The van der Waals surface area contributed by atoms with E-state index in [0.717, 1.165) is 30.4 Å². The fourth-order valence-corrected chi connectivity index (χ4v) is 4.80. The van der Waals surface area contributed by atoms with Gasteiger partial charge in [-0.25, -0.2) is 4.79 Å². The van der Waals surface area contributed by atoms with E-state index in [4.69, 9.17) is 4.74 Å². The van der Waals surface area contributed by atoms with E-state index < -0.39 is 23.8 Å². The van der Waals surface area contributed by atoms with Crippen molar-refractivity contribution in [1.29, 1.82) is 0 Å². The molecule has 3 N–H and O–H groups in total. The zero-order chi connectivity index (χ0) is 28.9. The summed E-state index contributed by atoms with van der Waals surface area (Å²) in [5.74, 6) is -0.925. The van der Waals surface area contributed by atoms with Crippen LogP contribution in [0.2, 0.25) is 0 Å². The number of rotatable bonds is 9. The van der Waals surface area contributed by atoms with Gasteiger partial charge < -0.3 is 25.4 Å². The van der Waals surface area contributed by atoms with Crippen LogP contribution in [0.15, 0.2) is 42.5 Å². The molecule has 3 amide bonds. The predicted octanol–water partition coefficient (Wildman–Crippen LogP) is 6.01. The van der Waals surface area contributed by atoms with Crippen molar-refractivity contribution in [1.82, 2.24) is 10.2 Å². The second-order valence-corrected chi connectivity index (χ2v) is 11.6. The van der Waals surface area contributed by atoms with Gasteiger partial charge in [0.1, 0.15) is 23.4 Å². The number of aromatic hydroxyl groups is 1. The average Bonchev–Trinajstić information content (AvgIpc) is 2.81. The number of phenols is 1. The summed E-state index contributed by atoms with van der Waals surface area (Å²) in [7, 11) is 0. The standard InChI is InChI=1S/C31H43N3O5/c1-8-19(2)26(33-30(38)39-31(5,6)7)29(37)34(23-15-11-16-23)27(22-14-10-17-24(35)18-22)28(36)32-25-20(3)12-9-13-21(25)4/h9-10,12-14,17-19,23,26-27,35H,8,11,15-16H2,1-7H3,(H,32,36)(H,33,38). The zero-order valence-corrected chi connectivity index (χ0v) is 24.2. The number of anilines is 1. The summed E-state index contributed by atoms with van der Waals surface area (Å²) in [5.41, 5.74) is 2.28. The van der Waals surface area contributed by atoms with Gasteiger partial charge in [0.05, 0.1) is 0 Å². The van der Waals surface area contributed by atoms with E-state index in [9.17, 15) is 19.5 Å². The average molecular weight is 538 g/mol. The summed E-state index contributed by atoms with van der Waals surface area (Å²) in [6.07, 6.45) is 2.39. The minimum atomic E-state index is -1.01. The van der Waals surface area contributed by atoms with Crippen molar-refractivity contribution in [3.05, 3.63) is 59.2 Å². The van der Waals surface area contributed by atoms with Gasteiger partial charge >= 0.3 is 6.09 Å². The molecule has 212 valence electrons. The molecule has 39 heavy (non-hydrogen) atoms. The third kappa shape index (κ3) is 7.52. The molecule has 3 unspecified atom stereocenters. The lowest BCUT2D eigenvalue weighted by Crippen LogP contribution is -2.58. The number of para-hydroxylation sites is 1. The number of carbonyl (C=O) groups excluding carboxylic acids is 3. The molecule has 0 aromatic heterocycles. The Morgan fingerprint density at radius 2 is 1.69 bits per heavy atom. The maximum absolute atomic E-state index is 14.4. The number of hydrogen-bond acceptors (Lipinski definition) is 5. The summed E-state index contributed by atoms with van der Waals surface area (Å²) in [4.78, 5) is 42.9. The van der Waals surface area contributed by atoms with Crippen molar-refractivity contribution in [3.63, 3.8) is 0 Å². The first kappa shape index (κ1) is 30.0. The van der Waals surface area contributed by atoms with Gasteiger partial charge in [0.25, 0.3) is 5.91 Å². The molecule has 8 heteroatoms. The Balaban J connectivity index is 2.07. The molecule has 2 aromatic rings. The monoisotopic (exact) mass is 537 g/mol. The Kier molecular flexibility index (Phi) is 9.64. The second-order valence-electron chi connectivity index (χ2n) is 11.6. The Hall–Kier alpha value is -3.55. The lowest BCUT2D eigenvalue weighted by molar-refractivity contribution is -0.147. The summed E-state index contributed by atoms with van der Waals surface area (Å²) >= 11 is 0. The third-order valence-electron chi connectivity index (χ3n) is 7.32. The highest BCUT2D eigenvalue weighted by atomic mass is 16.6. The topological polar surface area (TPSA) is 108 Å². The molecule has 0 radical (unpaired) electrons. The molecule has 0 aliphatic heterocycles. The van der Waals surface area contributed by atoms with E-state index in [0.29, 0.717) is 17.7 Å². The van der Waals surface area contributed by atoms with Crippen LogP contribution in [0.3, 0.4) is 0 Å². The summed E-state index contributed by atoms with van der Waals surface area (Å²) in [5, 5.41) is 16.2. The van der Waals surface area contributed by atoms with Gasteiger partial charge in [-0.15, -0.1) is 0 Å². The van der Waals surface area contributed by atoms with Crippen LogP contribution < -0.4 is 10.6 Å². The van der Waals surface area contributed by atoms with Crippen LogP contribution in [0.5, 0.6) is 5.75 Å². The highest BCUT2D eigenvalue weighted by Crippen LogP contribution is 2.36. The van der Waals surface area contributed by atoms with Crippen LogP contribution in [-0.2, 0) is 14.3 Å². The van der Waals surface area contributed by atoms with Crippen molar-refractivity contribution < 1.29 is 24.2 Å². The van der Waals surface area contributed by atoms with E-state index >= 15 is 0 Å². The van der Waals surface area contributed by atoms with E-state index in [1.807, 2.05) is 45.9 Å². The van der Waals surface area contributed by atoms with Gasteiger partial charge in [-0.2, -0.15) is 0 Å². The third-order valence-corrected chi connectivity index (χ3v) is 7.32. The Labute approximate surface area is 232 Å². The quantitative estimate of drug-likeness (QED) is 0.363. The number of hydrogen-bond donors (Lipinski definition) is 3. The molecule has 0 bridgehead atoms. The van der Waals surface area contributed by atoms with Crippen LogP contribution in [-0.4, -0.2) is 45.6 Å². The van der Waals surface area contributed by atoms with Crippen molar-refractivity contribution in [2.45, 2.75) is 97.9 Å². The second kappa shape index (κ2) is 12.5. The van der Waals surface area contributed by atoms with Crippen LogP contribution in [0.4, 0.5) is 10.5 Å². The number of aryl methyl sites for hydroxylation is 2. The number of nitrogens with zero attached hydrogens (tertiary/aromatic N) is 1. The number of benzene rings is 2. The van der Waals surface area contributed by atoms with Crippen molar-refractivity contribution in [2.75, 3.05) is 5.32 Å². The molecule has 0 saturated heterocycles. The minimum Gasteiger partial charge on any atom is -0.508 e. The maximum atomic E-state index is 14.4. The number of nitrogens with one attached hydrogen (secondary N) is 2. The van der Waals surface area contributed by atoms with Crippen LogP contribution in [0.1, 0.15) is 83.0 Å². The van der Waals surface area contributed by atoms with Gasteiger partial charge in [-0.1, -0.05) is 50.6 Å². The molecule has 0 heterocycles. The fraction of sp³-hybridized carbons (Fsp3) is 0.516. The maximum Gasteiger partial charge on any atom is 0.408 e. The fourth-order valence-electron chi connectivity index (χ4n) is 4.80. The van der Waals surface area contributed by atoms with Crippen molar-refractivity contribution in [3.8, 4) is 5.75 Å². The molecule has 3 rings (SSSR count). The zero-order valence-electron chi connectivity index (χ0n) is 24.2. The minimum absolute atomic E-state index is 0.00346. The normalized spacial score (nSPS) is 15.9. The van der Waals surface area contributed by atoms with E-state index in [2.05, 4.69) is 10.6 Å². The molecule has 0 spiro atoms. The van der Waals surface area contributed by atoms with Gasteiger partial charge in [0.2, 0.25) is 5.91 Å².